The third kappa shape index (κ3) is 1.58. The fraction of sp³-hybridized carbons (Fsp3) is 0.417. The Kier molecular flexibility index (Phi) is 2.39. The molecule has 0 atom stereocenters. The minimum atomic E-state index is 0.0868. The largest absolute Gasteiger partial charge is 0.324 e. The van der Waals surface area contributed by atoms with E-state index in [-0.39, 0.29) is 12.1 Å². The van der Waals surface area contributed by atoms with E-state index in [4.69, 9.17) is 0 Å². The monoisotopic (exact) mass is 204 g/mol. The Morgan fingerprint density at radius 2 is 1.93 bits per heavy atom. The van der Waals surface area contributed by atoms with Crippen LogP contribution in [0.2, 0.25) is 0 Å². The van der Waals surface area contributed by atoms with Gasteiger partial charge < -0.3 is 4.90 Å². The fourth-order valence-electron chi connectivity index (χ4n) is 1.99. The molecule has 2 rings (SSSR count). The molecule has 3 heteroatoms. The van der Waals surface area contributed by atoms with Crippen LogP contribution in [-0.2, 0) is 6.54 Å². The molecule has 0 N–H and O–H groups in total. The van der Waals surface area contributed by atoms with Crippen molar-refractivity contribution in [1.82, 2.24) is 4.90 Å². The van der Waals surface area contributed by atoms with Gasteiger partial charge in [0, 0.05) is 19.6 Å². The number of hydrogen-bond acceptors (Lipinski definition) is 1. The third-order valence-corrected chi connectivity index (χ3v) is 2.71. The maximum Gasteiger partial charge on any atom is 0.324 e. The fourth-order valence-corrected chi connectivity index (χ4v) is 1.99. The molecule has 1 heterocycles. The van der Waals surface area contributed by atoms with E-state index in [9.17, 15) is 4.79 Å². The van der Waals surface area contributed by atoms with Crippen molar-refractivity contribution in [2.45, 2.75) is 26.4 Å². The number of amides is 2. The average molecular weight is 204 g/mol. The van der Waals surface area contributed by atoms with E-state index in [1.165, 1.54) is 5.56 Å². The van der Waals surface area contributed by atoms with Crippen LogP contribution in [0.5, 0.6) is 0 Å². The Morgan fingerprint density at radius 3 is 2.60 bits per heavy atom. The first kappa shape index (κ1) is 10.0. The highest BCUT2D eigenvalue weighted by Crippen LogP contribution is 2.28. The summed E-state index contributed by atoms with van der Waals surface area (Å²) in [4.78, 5) is 15.6. The van der Waals surface area contributed by atoms with Crippen LogP contribution in [0.3, 0.4) is 0 Å². The van der Waals surface area contributed by atoms with Crippen molar-refractivity contribution in [2.75, 3.05) is 11.9 Å². The number of rotatable bonds is 1. The zero-order chi connectivity index (χ0) is 11.0. The average Bonchev–Trinajstić information content (AvgIpc) is 2.19. The van der Waals surface area contributed by atoms with Gasteiger partial charge in [-0.25, -0.2) is 4.79 Å². The van der Waals surface area contributed by atoms with Gasteiger partial charge in [-0.05, 0) is 25.5 Å². The van der Waals surface area contributed by atoms with Crippen LogP contribution in [0.1, 0.15) is 19.4 Å². The highest BCUT2D eigenvalue weighted by molar-refractivity contribution is 5.95. The van der Waals surface area contributed by atoms with Gasteiger partial charge in [0.1, 0.15) is 0 Å². The number of fused-ring (bicyclic) bond motifs is 1. The van der Waals surface area contributed by atoms with Crippen molar-refractivity contribution < 1.29 is 4.79 Å². The standard InChI is InChI=1S/C12H16N2O/c1-9(2)14-11-7-5-4-6-10(11)8-13(3)12(14)15/h4-7,9H,8H2,1-3H3. The van der Waals surface area contributed by atoms with Gasteiger partial charge in [0.2, 0.25) is 0 Å². The zero-order valence-electron chi connectivity index (χ0n) is 9.40. The van der Waals surface area contributed by atoms with Crippen LogP contribution in [0.15, 0.2) is 24.3 Å². The molecule has 0 bridgehead atoms. The van der Waals surface area contributed by atoms with Crippen molar-refractivity contribution in [2.24, 2.45) is 0 Å². The summed E-state index contributed by atoms with van der Waals surface area (Å²) in [7, 11) is 1.84. The summed E-state index contributed by atoms with van der Waals surface area (Å²) >= 11 is 0. The minimum Gasteiger partial charge on any atom is -0.323 e. The molecule has 1 aliphatic rings. The lowest BCUT2D eigenvalue weighted by Crippen LogP contribution is -2.48. The normalized spacial score (nSPS) is 15.9. The topological polar surface area (TPSA) is 23.6 Å². The van der Waals surface area contributed by atoms with Crippen LogP contribution >= 0.6 is 0 Å². The molecule has 0 radical (unpaired) electrons. The first-order chi connectivity index (χ1) is 7.11. The second kappa shape index (κ2) is 3.57. The maximum absolute atomic E-state index is 12.0. The van der Waals surface area contributed by atoms with E-state index >= 15 is 0 Å². The van der Waals surface area contributed by atoms with E-state index in [0.717, 1.165) is 5.69 Å². The predicted octanol–water partition coefficient (Wildman–Crippen LogP) is 2.47. The molecule has 0 aliphatic carbocycles. The molecule has 1 aromatic rings. The first-order valence-corrected chi connectivity index (χ1v) is 5.23. The summed E-state index contributed by atoms with van der Waals surface area (Å²) in [6.07, 6.45) is 0. The van der Waals surface area contributed by atoms with Crippen molar-refractivity contribution in [3.63, 3.8) is 0 Å². The van der Waals surface area contributed by atoms with Gasteiger partial charge in [0.15, 0.2) is 0 Å². The third-order valence-electron chi connectivity index (χ3n) is 2.71. The Labute approximate surface area is 90.3 Å². The second-order valence-corrected chi connectivity index (χ2v) is 4.23. The molecular weight excluding hydrogens is 188 g/mol. The van der Waals surface area contributed by atoms with E-state index in [1.54, 1.807) is 4.90 Å². The van der Waals surface area contributed by atoms with Gasteiger partial charge in [-0.15, -0.1) is 0 Å². The molecule has 1 aliphatic heterocycles. The van der Waals surface area contributed by atoms with Crippen molar-refractivity contribution in [1.29, 1.82) is 0 Å². The van der Waals surface area contributed by atoms with Crippen molar-refractivity contribution in [3.8, 4) is 0 Å². The molecule has 15 heavy (non-hydrogen) atoms. The number of hydrogen-bond donors (Lipinski definition) is 0. The summed E-state index contributed by atoms with van der Waals surface area (Å²) in [5, 5.41) is 0. The molecule has 0 saturated carbocycles. The molecule has 1 aromatic carbocycles. The smallest absolute Gasteiger partial charge is 0.323 e. The predicted molar refractivity (Wildman–Crippen MR) is 60.9 cm³/mol. The molecular formula is C12H16N2O. The quantitative estimate of drug-likeness (QED) is 0.689. The first-order valence-electron chi connectivity index (χ1n) is 5.23. The van der Waals surface area contributed by atoms with Gasteiger partial charge in [0.25, 0.3) is 0 Å². The van der Waals surface area contributed by atoms with E-state index in [1.807, 2.05) is 44.0 Å². The van der Waals surface area contributed by atoms with Crippen LogP contribution in [0.25, 0.3) is 0 Å². The van der Waals surface area contributed by atoms with Crippen LogP contribution < -0.4 is 4.90 Å². The summed E-state index contributed by atoms with van der Waals surface area (Å²) in [6, 6.07) is 8.37. The molecule has 3 nitrogen and oxygen atoms in total. The van der Waals surface area contributed by atoms with E-state index < -0.39 is 0 Å². The van der Waals surface area contributed by atoms with Crippen LogP contribution in [-0.4, -0.2) is 24.0 Å². The minimum absolute atomic E-state index is 0.0868. The molecule has 0 unspecified atom stereocenters. The van der Waals surface area contributed by atoms with Crippen molar-refractivity contribution >= 4 is 11.7 Å². The Morgan fingerprint density at radius 1 is 1.27 bits per heavy atom. The summed E-state index contributed by atoms with van der Waals surface area (Å²) < 4.78 is 0. The van der Waals surface area contributed by atoms with E-state index in [2.05, 4.69) is 6.07 Å². The Balaban J connectivity index is 2.49. The summed E-state index contributed by atoms with van der Waals surface area (Å²) in [5.74, 6) is 0. The number of carbonyl (C=O) groups excluding carboxylic acids is 1. The van der Waals surface area contributed by atoms with Gasteiger partial charge in [-0.1, -0.05) is 18.2 Å². The lowest BCUT2D eigenvalue weighted by atomic mass is 10.1. The summed E-state index contributed by atoms with van der Waals surface area (Å²) in [5.41, 5.74) is 2.27. The highest BCUT2D eigenvalue weighted by atomic mass is 16.2. The van der Waals surface area contributed by atoms with Gasteiger partial charge >= 0.3 is 6.03 Å². The Bertz CT molecular complexity index is 387. The lowest BCUT2D eigenvalue weighted by molar-refractivity contribution is 0.208. The molecule has 0 saturated heterocycles. The molecule has 0 aromatic heterocycles. The molecule has 2 amide bonds. The molecule has 0 fully saturated rings. The number of nitrogens with zero attached hydrogens (tertiary/aromatic N) is 2. The Hall–Kier alpha value is -1.51. The maximum atomic E-state index is 12.0. The second-order valence-electron chi connectivity index (χ2n) is 4.23. The number of benzene rings is 1. The lowest BCUT2D eigenvalue weighted by Gasteiger charge is -2.37. The van der Waals surface area contributed by atoms with Crippen molar-refractivity contribution in [3.05, 3.63) is 29.8 Å². The zero-order valence-corrected chi connectivity index (χ0v) is 9.40. The number of para-hydroxylation sites is 1. The van der Waals surface area contributed by atoms with Crippen LogP contribution in [0, 0.1) is 0 Å². The van der Waals surface area contributed by atoms with Crippen LogP contribution in [0.4, 0.5) is 10.5 Å². The van der Waals surface area contributed by atoms with E-state index in [0.29, 0.717) is 6.54 Å². The number of anilines is 1. The summed E-state index contributed by atoms with van der Waals surface area (Å²) in [6.45, 7) is 4.78. The number of carbonyl (C=O) groups is 1. The van der Waals surface area contributed by atoms with Gasteiger partial charge in [0.05, 0.1) is 5.69 Å². The van der Waals surface area contributed by atoms with Gasteiger partial charge in [-0.3, -0.25) is 4.90 Å². The highest BCUT2D eigenvalue weighted by Gasteiger charge is 2.29. The SMILES string of the molecule is CC(C)N1C(=O)N(C)Cc2ccccc21. The molecule has 0 spiro atoms. The molecule has 80 valence electrons. The number of urea groups is 1. The van der Waals surface area contributed by atoms with Gasteiger partial charge in [-0.2, -0.15) is 0 Å².